The topological polar surface area (TPSA) is 12.0 Å². The molecule has 1 saturated carbocycles. The molecule has 114 valence electrons. The summed E-state index contributed by atoms with van der Waals surface area (Å²) in [6.07, 6.45) is 8.46. The second-order valence-corrected chi connectivity index (χ2v) is 9.02. The molecule has 0 aromatic heterocycles. The Bertz CT molecular complexity index is 226. The van der Waals surface area contributed by atoms with Crippen LogP contribution in [0.15, 0.2) is 0 Å². The first-order valence-electron chi connectivity index (χ1n) is 8.33. The first-order chi connectivity index (χ1) is 8.96. The monoisotopic (exact) mass is 285 g/mol. The largest absolute Gasteiger partial charge is 0.313 e. The van der Waals surface area contributed by atoms with Crippen molar-refractivity contribution in [1.82, 2.24) is 5.32 Å². The standard InChI is InChI=1S/C17H35NS/c1-6-12-18-16(13-19-17(3,4)5)15-10-8-14(7-2)9-11-15/h14-16,18H,6-13H2,1-5H3. The lowest BCUT2D eigenvalue weighted by Crippen LogP contribution is -2.41. The van der Waals surface area contributed by atoms with Gasteiger partial charge < -0.3 is 5.32 Å². The SMILES string of the molecule is CCCNC(CSC(C)(C)C)C1CCC(CC)CC1. The van der Waals surface area contributed by atoms with Gasteiger partial charge in [0.05, 0.1) is 0 Å². The Morgan fingerprint density at radius 1 is 1.11 bits per heavy atom. The maximum atomic E-state index is 3.82. The fraction of sp³-hybridized carbons (Fsp3) is 1.00. The molecule has 2 heteroatoms. The lowest BCUT2D eigenvalue weighted by Gasteiger charge is -2.35. The highest BCUT2D eigenvalue weighted by atomic mass is 32.2. The van der Waals surface area contributed by atoms with Gasteiger partial charge in [-0.3, -0.25) is 0 Å². The Morgan fingerprint density at radius 3 is 2.21 bits per heavy atom. The Hall–Kier alpha value is 0.310. The zero-order valence-electron chi connectivity index (χ0n) is 13.8. The summed E-state index contributed by atoms with van der Waals surface area (Å²) in [6, 6.07) is 0.738. The smallest absolute Gasteiger partial charge is 0.0186 e. The van der Waals surface area contributed by atoms with E-state index >= 15 is 0 Å². The van der Waals surface area contributed by atoms with E-state index < -0.39 is 0 Å². The van der Waals surface area contributed by atoms with Gasteiger partial charge in [0, 0.05) is 16.5 Å². The molecule has 0 bridgehead atoms. The molecule has 0 amide bonds. The molecular formula is C17H35NS. The molecule has 0 saturated heterocycles. The molecule has 1 unspecified atom stereocenters. The summed E-state index contributed by atoms with van der Waals surface area (Å²) < 4.78 is 0.396. The molecule has 1 rings (SSSR count). The lowest BCUT2D eigenvalue weighted by atomic mass is 9.78. The maximum Gasteiger partial charge on any atom is 0.0186 e. The quantitative estimate of drug-likeness (QED) is 0.698. The van der Waals surface area contributed by atoms with Crippen LogP contribution in [0.4, 0.5) is 0 Å². The van der Waals surface area contributed by atoms with Crippen molar-refractivity contribution < 1.29 is 0 Å². The minimum Gasteiger partial charge on any atom is -0.313 e. The predicted molar refractivity (Wildman–Crippen MR) is 90.0 cm³/mol. The third-order valence-electron chi connectivity index (χ3n) is 4.39. The summed E-state index contributed by atoms with van der Waals surface area (Å²) in [5.41, 5.74) is 0. The lowest BCUT2D eigenvalue weighted by molar-refractivity contribution is 0.228. The minimum atomic E-state index is 0.396. The Labute approximate surface area is 125 Å². The molecular weight excluding hydrogens is 250 g/mol. The molecule has 1 atom stereocenters. The van der Waals surface area contributed by atoms with Crippen molar-refractivity contribution in [1.29, 1.82) is 0 Å². The minimum absolute atomic E-state index is 0.396. The zero-order chi connectivity index (χ0) is 14.3. The van der Waals surface area contributed by atoms with Crippen LogP contribution in [0.3, 0.4) is 0 Å². The third-order valence-corrected chi connectivity index (χ3v) is 5.78. The van der Waals surface area contributed by atoms with Gasteiger partial charge in [-0.2, -0.15) is 11.8 Å². The number of rotatable bonds is 7. The molecule has 0 spiro atoms. The van der Waals surface area contributed by atoms with Crippen LogP contribution in [0.2, 0.25) is 0 Å². The van der Waals surface area contributed by atoms with Crippen LogP contribution in [-0.2, 0) is 0 Å². The van der Waals surface area contributed by atoms with Gasteiger partial charge in [0.1, 0.15) is 0 Å². The fourth-order valence-electron chi connectivity index (χ4n) is 3.03. The van der Waals surface area contributed by atoms with Gasteiger partial charge in [0.2, 0.25) is 0 Å². The first kappa shape index (κ1) is 17.4. The highest BCUT2D eigenvalue weighted by Crippen LogP contribution is 2.34. The van der Waals surface area contributed by atoms with Crippen molar-refractivity contribution in [3.05, 3.63) is 0 Å². The number of hydrogen-bond acceptors (Lipinski definition) is 2. The molecule has 1 aliphatic rings. The first-order valence-corrected chi connectivity index (χ1v) is 9.32. The van der Waals surface area contributed by atoms with Gasteiger partial charge in [-0.25, -0.2) is 0 Å². The average Bonchev–Trinajstić information content (AvgIpc) is 2.38. The third kappa shape index (κ3) is 7.04. The molecule has 1 aliphatic carbocycles. The van der Waals surface area contributed by atoms with Crippen molar-refractivity contribution in [2.24, 2.45) is 11.8 Å². The Morgan fingerprint density at radius 2 is 1.74 bits per heavy atom. The molecule has 1 fully saturated rings. The van der Waals surface area contributed by atoms with E-state index in [-0.39, 0.29) is 0 Å². The highest BCUT2D eigenvalue weighted by Gasteiger charge is 2.27. The van der Waals surface area contributed by atoms with E-state index in [0.717, 1.165) is 17.9 Å². The Kier molecular flexibility index (Phi) is 7.83. The van der Waals surface area contributed by atoms with E-state index in [1.54, 1.807) is 0 Å². The maximum absolute atomic E-state index is 3.82. The second-order valence-electron chi connectivity index (χ2n) is 7.17. The molecule has 1 N–H and O–H groups in total. The molecule has 0 heterocycles. The van der Waals surface area contributed by atoms with Gasteiger partial charge in [-0.05, 0) is 37.6 Å². The summed E-state index contributed by atoms with van der Waals surface area (Å²) >= 11 is 2.13. The zero-order valence-corrected chi connectivity index (χ0v) is 14.6. The van der Waals surface area contributed by atoms with Crippen molar-refractivity contribution in [2.45, 2.75) is 83.9 Å². The predicted octanol–water partition coefficient (Wildman–Crippen LogP) is 5.10. The van der Waals surface area contributed by atoms with Crippen LogP contribution in [-0.4, -0.2) is 23.1 Å². The summed E-state index contributed by atoms with van der Waals surface area (Å²) in [5, 5.41) is 3.82. The summed E-state index contributed by atoms with van der Waals surface area (Å²) in [7, 11) is 0. The molecule has 19 heavy (non-hydrogen) atoms. The average molecular weight is 286 g/mol. The molecule has 0 aromatic carbocycles. The summed E-state index contributed by atoms with van der Waals surface area (Å²) in [4.78, 5) is 0. The van der Waals surface area contributed by atoms with Crippen LogP contribution >= 0.6 is 11.8 Å². The van der Waals surface area contributed by atoms with Crippen LogP contribution in [0, 0.1) is 11.8 Å². The van der Waals surface area contributed by atoms with Gasteiger partial charge in [0.25, 0.3) is 0 Å². The number of nitrogens with one attached hydrogen (secondary N) is 1. The molecule has 0 aromatic rings. The number of thioether (sulfide) groups is 1. The van der Waals surface area contributed by atoms with E-state index in [1.807, 2.05) is 0 Å². The summed E-state index contributed by atoms with van der Waals surface area (Å²) in [5.74, 6) is 3.22. The second kappa shape index (κ2) is 8.56. The van der Waals surface area contributed by atoms with E-state index in [2.05, 4.69) is 51.7 Å². The van der Waals surface area contributed by atoms with Gasteiger partial charge >= 0.3 is 0 Å². The van der Waals surface area contributed by atoms with Crippen LogP contribution < -0.4 is 5.32 Å². The van der Waals surface area contributed by atoms with Crippen LogP contribution in [0.25, 0.3) is 0 Å². The van der Waals surface area contributed by atoms with E-state index in [9.17, 15) is 0 Å². The van der Waals surface area contributed by atoms with Gasteiger partial charge in [0.15, 0.2) is 0 Å². The highest BCUT2D eigenvalue weighted by molar-refractivity contribution is 8.00. The fourth-order valence-corrected chi connectivity index (χ4v) is 4.10. The van der Waals surface area contributed by atoms with Gasteiger partial charge in [-0.15, -0.1) is 0 Å². The van der Waals surface area contributed by atoms with Gasteiger partial charge in [-0.1, -0.05) is 53.9 Å². The van der Waals surface area contributed by atoms with E-state index in [4.69, 9.17) is 0 Å². The van der Waals surface area contributed by atoms with Crippen molar-refractivity contribution in [3.63, 3.8) is 0 Å². The van der Waals surface area contributed by atoms with Crippen molar-refractivity contribution >= 4 is 11.8 Å². The molecule has 1 nitrogen and oxygen atoms in total. The van der Waals surface area contributed by atoms with E-state index in [1.165, 1.54) is 50.8 Å². The van der Waals surface area contributed by atoms with Crippen LogP contribution in [0.5, 0.6) is 0 Å². The molecule has 0 radical (unpaired) electrons. The van der Waals surface area contributed by atoms with Crippen LogP contribution in [0.1, 0.15) is 73.1 Å². The van der Waals surface area contributed by atoms with Crippen molar-refractivity contribution in [3.8, 4) is 0 Å². The van der Waals surface area contributed by atoms with Crippen molar-refractivity contribution in [2.75, 3.05) is 12.3 Å². The summed E-state index contributed by atoms with van der Waals surface area (Å²) in [6.45, 7) is 12.8. The molecule has 0 aliphatic heterocycles. The van der Waals surface area contributed by atoms with E-state index in [0.29, 0.717) is 4.75 Å². The normalized spacial score (nSPS) is 26.4. The Balaban J connectivity index is 2.44. The number of hydrogen-bond donors (Lipinski definition) is 1.